The molecule has 2 aromatic heterocycles. The van der Waals surface area contributed by atoms with Crippen molar-refractivity contribution in [1.29, 1.82) is 0 Å². The third kappa shape index (κ3) is 8.79. The summed E-state index contributed by atoms with van der Waals surface area (Å²) in [7, 11) is 0. The van der Waals surface area contributed by atoms with Crippen molar-refractivity contribution in [1.82, 2.24) is 24.8 Å². The van der Waals surface area contributed by atoms with Gasteiger partial charge >= 0.3 is 12.0 Å². The summed E-state index contributed by atoms with van der Waals surface area (Å²) in [4.78, 5) is 36.8. The molecule has 14 heteroatoms. The molecule has 1 fully saturated rings. The highest BCUT2D eigenvalue weighted by molar-refractivity contribution is 5.97. The number of ether oxygens (including phenoxy) is 4. The van der Waals surface area contributed by atoms with Gasteiger partial charge in [0.1, 0.15) is 24.6 Å². The van der Waals surface area contributed by atoms with Crippen LogP contribution >= 0.6 is 0 Å². The van der Waals surface area contributed by atoms with Crippen LogP contribution in [0.25, 0.3) is 11.2 Å². The maximum Gasteiger partial charge on any atom is 0.328 e. The summed E-state index contributed by atoms with van der Waals surface area (Å²) in [5, 5.41) is 23.7. The quantitative estimate of drug-likeness (QED) is 0.202. The summed E-state index contributed by atoms with van der Waals surface area (Å²) in [6.45, 7) is 9.54. The minimum Gasteiger partial charge on any atom is -0.480 e. The monoisotopic (exact) mass is 580 g/mol. The van der Waals surface area contributed by atoms with Gasteiger partial charge in [-0.3, -0.25) is 9.88 Å². The first-order chi connectivity index (χ1) is 19.8. The molecule has 0 radical (unpaired) electrons. The lowest BCUT2D eigenvalue weighted by Crippen LogP contribution is -2.54. The third-order valence-electron chi connectivity index (χ3n) is 6.75. The van der Waals surface area contributed by atoms with Gasteiger partial charge in [0.2, 0.25) is 0 Å². The minimum absolute atomic E-state index is 0.0664. The number of imidazole rings is 1. The van der Waals surface area contributed by atoms with Gasteiger partial charge in [0.25, 0.3) is 0 Å². The van der Waals surface area contributed by atoms with Crippen LogP contribution in [-0.4, -0.2) is 98.6 Å². The summed E-state index contributed by atoms with van der Waals surface area (Å²) < 4.78 is 27.0. The fourth-order valence-corrected chi connectivity index (χ4v) is 4.43. The van der Waals surface area contributed by atoms with E-state index in [1.54, 1.807) is 10.9 Å². The van der Waals surface area contributed by atoms with Crippen molar-refractivity contribution in [3.63, 3.8) is 0 Å². The van der Waals surface area contributed by atoms with Crippen LogP contribution in [0.15, 0.2) is 12.7 Å². The Labute approximate surface area is 240 Å². The second-order valence-electron chi connectivity index (χ2n) is 10.1. The largest absolute Gasteiger partial charge is 0.480 e. The second-order valence-corrected chi connectivity index (χ2v) is 10.1. The smallest absolute Gasteiger partial charge is 0.328 e. The van der Waals surface area contributed by atoms with Crippen LogP contribution < -0.4 is 10.6 Å². The molecule has 2 aromatic rings. The van der Waals surface area contributed by atoms with Gasteiger partial charge < -0.3 is 34.5 Å². The minimum atomic E-state index is -1.50. The number of aromatic nitrogens is 4. The zero-order valence-corrected chi connectivity index (χ0v) is 24.3. The molecule has 0 aliphatic carbocycles. The molecule has 2 amide bonds. The van der Waals surface area contributed by atoms with E-state index in [1.807, 2.05) is 0 Å². The molecule has 0 saturated carbocycles. The molecular weight excluding hydrogens is 536 g/mol. The number of nitrogens with one attached hydrogen (secondary N) is 2. The van der Waals surface area contributed by atoms with Crippen molar-refractivity contribution in [3.05, 3.63) is 12.7 Å². The number of amides is 2. The predicted octanol–water partition coefficient (Wildman–Crippen LogP) is 2.87. The molecular formula is C27H44N6O8. The van der Waals surface area contributed by atoms with Crippen molar-refractivity contribution in [2.24, 2.45) is 0 Å². The highest BCUT2D eigenvalue weighted by Gasteiger charge is 2.44. The van der Waals surface area contributed by atoms with E-state index in [-0.39, 0.29) is 30.1 Å². The van der Waals surface area contributed by atoms with E-state index < -0.39 is 36.5 Å². The summed E-state index contributed by atoms with van der Waals surface area (Å²) in [6.07, 6.45) is 5.32. The third-order valence-corrected chi connectivity index (χ3v) is 6.75. The lowest BCUT2D eigenvalue weighted by atomic mass is 10.0. The molecule has 6 atom stereocenters. The molecule has 1 saturated heterocycles. The first-order valence-corrected chi connectivity index (χ1v) is 14.4. The number of fused-ring (bicyclic) bond motifs is 1. The predicted molar refractivity (Wildman–Crippen MR) is 150 cm³/mol. The average Bonchev–Trinajstić information content (AvgIpc) is 3.38. The number of carbonyl (C=O) groups is 2. The maximum absolute atomic E-state index is 12.5. The normalized spacial score (nSPS) is 22.4. The Hall–Kier alpha value is -2.91. The average molecular weight is 581 g/mol. The molecule has 1 aliphatic rings. The molecule has 1 aliphatic heterocycles. The lowest BCUT2D eigenvalue weighted by molar-refractivity contribution is -0.248. The van der Waals surface area contributed by atoms with Crippen LogP contribution in [-0.2, 0) is 23.7 Å². The number of rotatable bonds is 17. The fraction of sp³-hybridized carbons (Fsp3) is 0.741. The summed E-state index contributed by atoms with van der Waals surface area (Å²) in [5.41, 5.74) is 0.652. The van der Waals surface area contributed by atoms with Crippen molar-refractivity contribution < 1.29 is 38.7 Å². The van der Waals surface area contributed by atoms with E-state index in [9.17, 15) is 19.8 Å². The molecule has 0 spiro atoms. The Kier molecular flexibility index (Phi) is 13.1. The van der Waals surface area contributed by atoms with Crippen LogP contribution in [0.1, 0.15) is 72.4 Å². The zero-order valence-electron chi connectivity index (χ0n) is 24.3. The van der Waals surface area contributed by atoms with Gasteiger partial charge in [-0.05, 0) is 26.2 Å². The lowest BCUT2D eigenvalue weighted by Gasteiger charge is -2.42. The molecule has 3 heterocycles. The Morgan fingerprint density at radius 3 is 2.27 bits per heavy atom. The highest BCUT2D eigenvalue weighted by atomic mass is 16.6. The molecule has 230 valence electrons. The van der Waals surface area contributed by atoms with E-state index in [4.69, 9.17) is 18.9 Å². The molecule has 14 nitrogen and oxygen atoms in total. The molecule has 3 rings (SSSR count). The van der Waals surface area contributed by atoms with E-state index in [2.05, 4.69) is 46.4 Å². The first-order valence-electron chi connectivity index (χ1n) is 14.4. The summed E-state index contributed by atoms with van der Waals surface area (Å²) in [5.74, 6) is -1.31. The van der Waals surface area contributed by atoms with Gasteiger partial charge in [0, 0.05) is 19.8 Å². The zero-order chi connectivity index (χ0) is 29.8. The van der Waals surface area contributed by atoms with Crippen LogP contribution in [0.2, 0.25) is 0 Å². The number of aliphatic hydroxyl groups is 1. The van der Waals surface area contributed by atoms with Crippen molar-refractivity contribution in [2.75, 3.05) is 31.7 Å². The molecule has 0 bridgehead atoms. The number of nitrogens with zero attached hydrogens (tertiary/aromatic N) is 4. The number of hydrogen-bond acceptors (Lipinski definition) is 10. The SMILES string of the molecule is CCCCOC1[C@H](OCCCC)C(n2cnc3c(NC(=O)N[C@H](C(=O)O)[C@@H](C)O)ncnc32)OC[C@H]1OCCCC. The molecule has 4 N–H and O–H groups in total. The van der Waals surface area contributed by atoms with Crippen LogP contribution in [0.4, 0.5) is 10.6 Å². The molecule has 41 heavy (non-hydrogen) atoms. The first kappa shape index (κ1) is 32.6. The number of anilines is 1. The number of aliphatic carboxylic acids is 1. The fourth-order valence-electron chi connectivity index (χ4n) is 4.43. The Morgan fingerprint density at radius 1 is 1.02 bits per heavy atom. The van der Waals surface area contributed by atoms with Gasteiger partial charge in [-0.1, -0.05) is 40.0 Å². The van der Waals surface area contributed by atoms with Crippen molar-refractivity contribution in [3.8, 4) is 0 Å². The number of carboxylic acids is 1. The van der Waals surface area contributed by atoms with Crippen LogP contribution in [0.3, 0.4) is 0 Å². The van der Waals surface area contributed by atoms with E-state index in [0.29, 0.717) is 25.5 Å². The van der Waals surface area contributed by atoms with Gasteiger partial charge in [0.05, 0.1) is 19.0 Å². The van der Waals surface area contributed by atoms with Crippen molar-refractivity contribution >= 4 is 29.0 Å². The van der Waals surface area contributed by atoms with Gasteiger partial charge in [0.15, 0.2) is 29.3 Å². The van der Waals surface area contributed by atoms with Crippen LogP contribution in [0, 0.1) is 0 Å². The topological polar surface area (TPSA) is 179 Å². The van der Waals surface area contributed by atoms with E-state index in [1.165, 1.54) is 13.3 Å². The van der Waals surface area contributed by atoms with Gasteiger partial charge in [-0.25, -0.2) is 24.5 Å². The Bertz CT molecular complexity index is 1100. The Balaban J connectivity index is 1.89. The standard InChI is InChI=1S/C27H44N6O8/c1-5-8-11-38-18-14-41-25(22(40-13-10-7-3)21(18)39-12-9-6-2)33-16-30-20-23(28-15-29-24(20)33)32-27(37)31-19(17(4)34)26(35)36/h15-19,21-22,25,34H,5-14H2,1-4H3,(H,35,36)(H2,28,29,31,32,37)/t17-,18-,19+,21?,22+,25?/m1/s1. The summed E-state index contributed by atoms with van der Waals surface area (Å²) in [6, 6.07) is -2.36. The highest BCUT2D eigenvalue weighted by Crippen LogP contribution is 2.33. The molecule has 2 unspecified atom stereocenters. The number of carboxylic acid groups (broad SMARTS) is 1. The number of carbonyl (C=O) groups excluding carboxylic acids is 1. The number of hydrogen-bond donors (Lipinski definition) is 4. The maximum atomic E-state index is 12.5. The van der Waals surface area contributed by atoms with E-state index >= 15 is 0 Å². The van der Waals surface area contributed by atoms with Crippen LogP contribution in [0.5, 0.6) is 0 Å². The van der Waals surface area contributed by atoms with Crippen molar-refractivity contribution in [2.45, 2.75) is 103 Å². The summed E-state index contributed by atoms with van der Waals surface area (Å²) >= 11 is 0. The van der Waals surface area contributed by atoms with Gasteiger partial charge in [-0.2, -0.15) is 0 Å². The molecule has 0 aromatic carbocycles. The number of unbranched alkanes of at least 4 members (excludes halogenated alkanes) is 3. The van der Waals surface area contributed by atoms with E-state index in [0.717, 1.165) is 38.5 Å². The Morgan fingerprint density at radius 2 is 1.66 bits per heavy atom. The van der Waals surface area contributed by atoms with Gasteiger partial charge in [-0.15, -0.1) is 0 Å². The number of urea groups is 1. The second kappa shape index (κ2) is 16.5. The number of aliphatic hydroxyl groups excluding tert-OH is 1.